The Morgan fingerprint density at radius 3 is 2.25 bits per heavy atom. The van der Waals surface area contributed by atoms with Gasteiger partial charge in [0.2, 0.25) is 5.95 Å². The van der Waals surface area contributed by atoms with Crippen LogP contribution in [0.3, 0.4) is 0 Å². The number of aromatic nitrogens is 3. The van der Waals surface area contributed by atoms with E-state index in [1.807, 2.05) is 14.1 Å². The van der Waals surface area contributed by atoms with Crippen LogP contribution in [0.4, 0.5) is 5.95 Å². The molecule has 0 bridgehead atoms. The largest absolute Gasteiger partial charge is 0.347 e. The first-order valence-corrected chi connectivity index (χ1v) is 5.63. The molecule has 0 aliphatic carbocycles. The summed E-state index contributed by atoms with van der Waals surface area (Å²) in [6.07, 6.45) is 1.84. The molecule has 1 heterocycles. The third-order valence-electron chi connectivity index (χ3n) is 2.84. The molecule has 0 aliphatic rings. The lowest BCUT2D eigenvalue weighted by Gasteiger charge is -2.17. The minimum absolute atomic E-state index is 0.0348. The molecular weight excluding hydrogens is 204 g/mol. The topological polar surface area (TPSA) is 51.0 Å². The number of nitrogens with zero attached hydrogens (tertiary/aromatic N) is 4. The maximum Gasteiger partial charge on any atom is 0.276 e. The predicted octanol–water partition coefficient (Wildman–Crippen LogP) is 1.14. The second-order valence-electron chi connectivity index (χ2n) is 4.16. The Balaban J connectivity index is 3.27. The molecule has 0 aliphatic heterocycles. The Labute approximate surface area is 96.1 Å². The van der Waals surface area contributed by atoms with Crippen molar-refractivity contribution in [2.75, 3.05) is 19.0 Å². The van der Waals surface area contributed by atoms with Gasteiger partial charge in [0.1, 0.15) is 5.69 Å². The molecule has 0 aromatic carbocycles. The highest BCUT2D eigenvalue weighted by atomic mass is 16.1. The van der Waals surface area contributed by atoms with Crippen LogP contribution in [0.2, 0.25) is 0 Å². The van der Waals surface area contributed by atoms with Crippen molar-refractivity contribution < 1.29 is 0 Å². The summed E-state index contributed by atoms with van der Waals surface area (Å²) in [6.45, 7) is 4.13. The molecule has 0 unspecified atom stereocenters. The van der Waals surface area contributed by atoms with Crippen LogP contribution in [0.25, 0.3) is 0 Å². The molecule has 0 amide bonds. The molecule has 0 N–H and O–H groups in total. The minimum Gasteiger partial charge on any atom is -0.347 e. The van der Waals surface area contributed by atoms with E-state index in [9.17, 15) is 4.79 Å². The zero-order chi connectivity index (χ0) is 12.3. The Hall–Kier alpha value is -1.39. The first kappa shape index (κ1) is 12.7. The summed E-state index contributed by atoms with van der Waals surface area (Å²) < 4.78 is 1.56. The van der Waals surface area contributed by atoms with E-state index in [4.69, 9.17) is 0 Å². The molecule has 0 saturated carbocycles. The molecule has 0 fully saturated rings. The number of rotatable bonds is 4. The van der Waals surface area contributed by atoms with Gasteiger partial charge in [-0.15, -0.1) is 10.2 Å². The quantitative estimate of drug-likeness (QED) is 0.769. The molecule has 5 nitrogen and oxygen atoms in total. The molecule has 1 aromatic heterocycles. The Bertz CT molecular complexity index is 407. The van der Waals surface area contributed by atoms with Crippen molar-refractivity contribution in [1.82, 2.24) is 14.8 Å². The molecule has 90 valence electrons. The van der Waals surface area contributed by atoms with Gasteiger partial charge in [0, 0.05) is 27.1 Å². The van der Waals surface area contributed by atoms with Gasteiger partial charge in [-0.25, -0.2) is 0 Å². The van der Waals surface area contributed by atoms with Gasteiger partial charge in [-0.3, -0.25) is 9.36 Å². The molecule has 5 heteroatoms. The van der Waals surface area contributed by atoms with E-state index < -0.39 is 0 Å². The summed E-state index contributed by atoms with van der Waals surface area (Å²) in [4.78, 5) is 13.9. The summed E-state index contributed by atoms with van der Waals surface area (Å²) in [6, 6.07) is 0. The van der Waals surface area contributed by atoms with E-state index >= 15 is 0 Å². The van der Waals surface area contributed by atoms with Crippen molar-refractivity contribution in [3.8, 4) is 0 Å². The monoisotopic (exact) mass is 224 g/mol. The molecule has 1 rings (SSSR count). The van der Waals surface area contributed by atoms with E-state index in [2.05, 4.69) is 24.0 Å². The van der Waals surface area contributed by atoms with Gasteiger partial charge in [-0.05, 0) is 12.8 Å². The van der Waals surface area contributed by atoms with Gasteiger partial charge in [0.25, 0.3) is 5.56 Å². The van der Waals surface area contributed by atoms with E-state index in [1.165, 1.54) is 0 Å². The number of hydrogen-bond donors (Lipinski definition) is 0. The fourth-order valence-electron chi connectivity index (χ4n) is 1.79. The van der Waals surface area contributed by atoms with Crippen molar-refractivity contribution in [2.24, 2.45) is 7.05 Å². The number of anilines is 1. The zero-order valence-electron chi connectivity index (χ0n) is 10.7. The average Bonchev–Trinajstić information content (AvgIpc) is 2.25. The van der Waals surface area contributed by atoms with Gasteiger partial charge < -0.3 is 4.90 Å². The van der Waals surface area contributed by atoms with Crippen LogP contribution in [-0.2, 0) is 7.05 Å². The van der Waals surface area contributed by atoms with Crippen LogP contribution in [0, 0.1) is 0 Å². The summed E-state index contributed by atoms with van der Waals surface area (Å²) in [5, 5.41) is 8.17. The first-order valence-electron chi connectivity index (χ1n) is 5.63. The molecule has 0 saturated heterocycles. The predicted molar refractivity (Wildman–Crippen MR) is 64.9 cm³/mol. The lowest BCUT2D eigenvalue weighted by atomic mass is 10.00. The van der Waals surface area contributed by atoms with Gasteiger partial charge in [0.05, 0.1) is 0 Å². The standard InChI is InChI=1S/C11H20N4O/c1-6-8(7-2)9-10(16)15(5)11(13-12-9)14(3)4/h8H,6-7H2,1-5H3. The number of hydrogen-bond acceptors (Lipinski definition) is 4. The lowest BCUT2D eigenvalue weighted by Crippen LogP contribution is -2.31. The summed E-state index contributed by atoms with van der Waals surface area (Å²) in [7, 11) is 5.43. The summed E-state index contributed by atoms with van der Waals surface area (Å²) in [5.41, 5.74) is 0.547. The van der Waals surface area contributed by atoms with Crippen LogP contribution in [0.1, 0.15) is 38.3 Å². The van der Waals surface area contributed by atoms with Crippen LogP contribution < -0.4 is 10.5 Å². The Kier molecular flexibility index (Phi) is 4.04. The highest BCUT2D eigenvalue weighted by molar-refractivity contribution is 5.26. The SMILES string of the molecule is CCC(CC)c1nnc(N(C)C)n(C)c1=O. The maximum absolute atomic E-state index is 12.1. The Morgan fingerprint density at radius 2 is 1.81 bits per heavy atom. The van der Waals surface area contributed by atoms with Crippen molar-refractivity contribution in [3.05, 3.63) is 16.0 Å². The molecule has 16 heavy (non-hydrogen) atoms. The lowest BCUT2D eigenvalue weighted by molar-refractivity contribution is 0.583. The van der Waals surface area contributed by atoms with Crippen LogP contribution in [0.15, 0.2) is 4.79 Å². The maximum atomic E-state index is 12.1. The van der Waals surface area contributed by atoms with Gasteiger partial charge >= 0.3 is 0 Å². The summed E-state index contributed by atoms with van der Waals surface area (Å²) >= 11 is 0. The smallest absolute Gasteiger partial charge is 0.276 e. The zero-order valence-corrected chi connectivity index (χ0v) is 10.7. The van der Waals surface area contributed by atoms with Crippen molar-refractivity contribution >= 4 is 5.95 Å². The van der Waals surface area contributed by atoms with E-state index in [0.29, 0.717) is 11.6 Å². The van der Waals surface area contributed by atoms with E-state index in [1.54, 1.807) is 16.5 Å². The highest BCUT2D eigenvalue weighted by Gasteiger charge is 2.17. The second kappa shape index (κ2) is 5.09. The van der Waals surface area contributed by atoms with Crippen molar-refractivity contribution in [3.63, 3.8) is 0 Å². The minimum atomic E-state index is -0.0348. The Morgan fingerprint density at radius 1 is 1.25 bits per heavy atom. The normalized spacial score (nSPS) is 10.9. The van der Waals surface area contributed by atoms with E-state index in [0.717, 1.165) is 12.8 Å². The van der Waals surface area contributed by atoms with Crippen LogP contribution >= 0.6 is 0 Å². The van der Waals surface area contributed by atoms with Gasteiger partial charge in [-0.2, -0.15) is 0 Å². The highest BCUT2D eigenvalue weighted by Crippen LogP contribution is 2.17. The first-order chi connectivity index (χ1) is 7.52. The van der Waals surface area contributed by atoms with Crippen LogP contribution in [-0.4, -0.2) is 28.9 Å². The molecule has 0 spiro atoms. The second-order valence-corrected chi connectivity index (χ2v) is 4.16. The average molecular weight is 224 g/mol. The van der Waals surface area contributed by atoms with Gasteiger partial charge in [-0.1, -0.05) is 13.8 Å². The fraction of sp³-hybridized carbons (Fsp3) is 0.727. The third kappa shape index (κ3) is 2.23. The third-order valence-corrected chi connectivity index (χ3v) is 2.84. The molecule has 0 atom stereocenters. The van der Waals surface area contributed by atoms with E-state index in [-0.39, 0.29) is 11.5 Å². The van der Waals surface area contributed by atoms with Crippen LogP contribution in [0.5, 0.6) is 0 Å². The van der Waals surface area contributed by atoms with Crippen molar-refractivity contribution in [2.45, 2.75) is 32.6 Å². The summed E-state index contributed by atoms with van der Waals surface area (Å²) in [5.74, 6) is 0.794. The van der Waals surface area contributed by atoms with Gasteiger partial charge in [0.15, 0.2) is 0 Å². The molecule has 1 aromatic rings. The molecular formula is C11H20N4O. The fourth-order valence-corrected chi connectivity index (χ4v) is 1.79. The van der Waals surface area contributed by atoms with Crippen molar-refractivity contribution in [1.29, 1.82) is 0 Å². The molecule has 0 radical (unpaired) electrons.